The van der Waals surface area contributed by atoms with E-state index < -0.39 is 5.60 Å². The van der Waals surface area contributed by atoms with Gasteiger partial charge in [0.15, 0.2) is 0 Å². The van der Waals surface area contributed by atoms with Gasteiger partial charge in [-0.05, 0) is 25.2 Å². The average molecular weight is 194 g/mol. The third kappa shape index (κ3) is 1.82. The molecule has 0 saturated heterocycles. The van der Waals surface area contributed by atoms with Gasteiger partial charge in [0.05, 0.1) is 5.60 Å². The molecule has 0 atom stereocenters. The van der Waals surface area contributed by atoms with E-state index in [2.05, 4.69) is 11.9 Å². The van der Waals surface area contributed by atoms with Gasteiger partial charge in [-0.1, -0.05) is 6.92 Å². The molecule has 0 radical (unpaired) electrons. The van der Waals surface area contributed by atoms with E-state index in [1.54, 1.807) is 0 Å². The highest BCUT2D eigenvalue weighted by atomic mass is 16.3. The van der Waals surface area contributed by atoms with E-state index in [9.17, 15) is 5.11 Å². The van der Waals surface area contributed by atoms with Crippen LogP contribution in [0.15, 0.2) is 12.4 Å². The van der Waals surface area contributed by atoms with Crippen LogP contribution >= 0.6 is 0 Å². The number of hydrogen-bond acceptors (Lipinski definition) is 2. The third-order valence-electron chi connectivity index (χ3n) is 3.19. The Balaban J connectivity index is 1.86. The summed E-state index contributed by atoms with van der Waals surface area (Å²) in [5.41, 5.74) is -0.397. The van der Waals surface area contributed by atoms with E-state index in [0.717, 1.165) is 31.5 Å². The van der Waals surface area contributed by atoms with Crippen molar-refractivity contribution >= 4 is 0 Å². The van der Waals surface area contributed by atoms with E-state index in [0.29, 0.717) is 5.92 Å². The van der Waals surface area contributed by atoms with E-state index in [4.69, 9.17) is 0 Å². The summed E-state index contributed by atoms with van der Waals surface area (Å²) in [5, 5.41) is 10.0. The first-order valence-corrected chi connectivity index (χ1v) is 5.28. The first-order valence-electron chi connectivity index (χ1n) is 5.28. The molecular formula is C11H18N2O. The first kappa shape index (κ1) is 9.71. The summed E-state index contributed by atoms with van der Waals surface area (Å²) in [6.07, 6.45) is 7.40. The predicted molar refractivity (Wildman–Crippen MR) is 54.9 cm³/mol. The summed E-state index contributed by atoms with van der Waals surface area (Å²) in [6.45, 7) is 2.19. The molecule has 0 bridgehead atoms. The number of hydrogen-bond donors (Lipinski definition) is 1. The zero-order valence-corrected chi connectivity index (χ0v) is 8.90. The quantitative estimate of drug-likeness (QED) is 0.792. The first-order chi connectivity index (χ1) is 6.59. The molecule has 1 aromatic rings. The van der Waals surface area contributed by atoms with Gasteiger partial charge in [-0.25, -0.2) is 4.98 Å². The summed E-state index contributed by atoms with van der Waals surface area (Å²) in [5.74, 6) is 1.76. The van der Waals surface area contributed by atoms with Gasteiger partial charge in [-0.2, -0.15) is 0 Å². The van der Waals surface area contributed by atoms with Crippen LogP contribution in [-0.2, 0) is 13.5 Å². The zero-order valence-electron chi connectivity index (χ0n) is 8.90. The molecule has 1 aromatic heterocycles. The molecule has 78 valence electrons. The van der Waals surface area contributed by atoms with E-state index in [1.807, 2.05) is 24.0 Å². The molecule has 1 aliphatic rings. The van der Waals surface area contributed by atoms with Gasteiger partial charge in [0, 0.05) is 25.9 Å². The minimum atomic E-state index is -0.397. The Kier molecular flexibility index (Phi) is 2.35. The predicted octanol–water partition coefficient (Wildman–Crippen LogP) is 1.51. The Morgan fingerprint density at radius 2 is 2.36 bits per heavy atom. The topological polar surface area (TPSA) is 38.1 Å². The summed E-state index contributed by atoms with van der Waals surface area (Å²) in [7, 11) is 2.00. The molecule has 1 fully saturated rings. The van der Waals surface area contributed by atoms with Crippen LogP contribution in [0.4, 0.5) is 0 Å². The lowest BCUT2D eigenvalue weighted by molar-refractivity contribution is -0.0736. The van der Waals surface area contributed by atoms with Crippen molar-refractivity contribution in [2.75, 3.05) is 0 Å². The number of aromatic nitrogens is 2. The monoisotopic (exact) mass is 194 g/mol. The maximum absolute atomic E-state index is 10.0. The number of nitrogens with zero attached hydrogens (tertiary/aromatic N) is 2. The number of imidazole rings is 1. The molecule has 3 heteroatoms. The van der Waals surface area contributed by atoms with Crippen LogP contribution in [0, 0.1) is 5.92 Å². The summed E-state index contributed by atoms with van der Waals surface area (Å²) < 4.78 is 2.02. The largest absolute Gasteiger partial charge is 0.390 e. The van der Waals surface area contributed by atoms with Crippen LogP contribution in [0.5, 0.6) is 0 Å². The Morgan fingerprint density at radius 3 is 2.86 bits per heavy atom. The summed E-state index contributed by atoms with van der Waals surface area (Å²) >= 11 is 0. The fourth-order valence-electron chi connectivity index (χ4n) is 2.42. The highest BCUT2D eigenvalue weighted by Gasteiger charge is 2.39. The smallest absolute Gasteiger partial charge is 0.108 e. The second-order valence-corrected chi connectivity index (χ2v) is 4.69. The molecular weight excluding hydrogens is 176 g/mol. The molecule has 1 aliphatic carbocycles. The van der Waals surface area contributed by atoms with Crippen molar-refractivity contribution < 1.29 is 5.11 Å². The van der Waals surface area contributed by atoms with Crippen LogP contribution in [-0.4, -0.2) is 20.3 Å². The van der Waals surface area contributed by atoms with Crippen molar-refractivity contribution in [2.45, 2.75) is 38.2 Å². The van der Waals surface area contributed by atoms with Gasteiger partial charge in [0.1, 0.15) is 5.82 Å². The lowest BCUT2D eigenvalue weighted by Crippen LogP contribution is -2.43. The Morgan fingerprint density at radius 1 is 1.64 bits per heavy atom. The van der Waals surface area contributed by atoms with Crippen LogP contribution in [0.25, 0.3) is 0 Å². The minimum Gasteiger partial charge on any atom is -0.390 e. The van der Waals surface area contributed by atoms with Gasteiger partial charge in [0.25, 0.3) is 0 Å². The lowest BCUT2D eigenvalue weighted by Gasteiger charge is -2.42. The molecule has 0 aliphatic heterocycles. The molecule has 1 heterocycles. The van der Waals surface area contributed by atoms with Gasteiger partial charge in [0.2, 0.25) is 0 Å². The summed E-state index contributed by atoms with van der Waals surface area (Å²) in [4.78, 5) is 4.25. The maximum Gasteiger partial charge on any atom is 0.108 e. The van der Waals surface area contributed by atoms with Crippen molar-refractivity contribution in [1.29, 1.82) is 0 Å². The molecule has 0 spiro atoms. The van der Waals surface area contributed by atoms with Gasteiger partial charge in [-0.15, -0.1) is 0 Å². The fourth-order valence-corrected chi connectivity index (χ4v) is 2.42. The molecule has 0 amide bonds. The van der Waals surface area contributed by atoms with Crippen LogP contribution in [0.3, 0.4) is 0 Å². The van der Waals surface area contributed by atoms with Gasteiger partial charge in [-0.3, -0.25) is 0 Å². The highest BCUT2D eigenvalue weighted by molar-refractivity contribution is 4.97. The third-order valence-corrected chi connectivity index (χ3v) is 3.19. The number of aryl methyl sites for hydroxylation is 2. The van der Waals surface area contributed by atoms with E-state index in [1.165, 1.54) is 0 Å². The van der Waals surface area contributed by atoms with Crippen molar-refractivity contribution in [3.63, 3.8) is 0 Å². The van der Waals surface area contributed by atoms with E-state index >= 15 is 0 Å². The Hall–Kier alpha value is -0.830. The molecule has 3 nitrogen and oxygen atoms in total. The number of rotatable bonds is 3. The second-order valence-electron chi connectivity index (χ2n) is 4.69. The maximum atomic E-state index is 10.0. The molecule has 0 aromatic carbocycles. The second kappa shape index (κ2) is 3.39. The molecule has 1 N–H and O–H groups in total. The van der Waals surface area contributed by atoms with Crippen molar-refractivity contribution in [1.82, 2.24) is 9.55 Å². The van der Waals surface area contributed by atoms with Crippen LogP contribution < -0.4 is 0 Å². The van der Waals surface area contributed by atoms with Gasteiger partial charge >= 0.3 is 0 Å². The highest BCUT2D eigenvalue weighted by Crippen LogP contribution is 2.40. The zero-order chi connectivity index (χ0) is 10.2. The van der Waals surface area contributed by atoms with Crippen molar-refractivity contribution in [3.8, 4) is 0 Å². The standard InChI is InChI=1S/C11H18N2O/c1-9-7-11(14,8-9)4-3-10-12-5-6-13(10)2/h5-6,9,14H,3-4,7-8H2,1-2H3. The summed E-state index contributed by atoms with van der Waals surface area (Å²) in [6, 6.07) is 0. The lowest BCUT2D eigenvalue weighted by atomic mass is 9.70. The minimum absolute atomic E-state index is 0.397. The molecule has 0 unspecified atom stereocenters. The Labute approximate surface area is 84.8 Å². The SMILES string of the molecule is CC1CC(O)(CCc2nccn2C)C1. The molecule has 2 rings (SSSR count). The van der Waals surface area contributed by atoms with Crippen molar-refractivity contribution in [3.05, 3.63) is 18.2 Å². The molecule has 14 heavy (non-hydrogen) atoms. The Bertz CT molecular complexity index is 313. The normalized spacial score (nSPS) is 31.5. The fraction of sp³-hybridized carbons (Fsp3) is 0.727. The molecule has 1 saturated carbocycles. The van der Waals surface area contributed by atoms with E-state index in [-0.39, 0.29) is 0 Å². The van der Waals surface area contributed by atoms with Crippen molar-refractivity contribution in [2.24, 2.45) is 13.0 Å². The van der Waals surface area contributed by atoms with Crippen LogP contribution in [0.2, 0.25) is 0 Å². The average Bonchev–Trinajstić information content (AvgIpc) is 2.45. The van der Waals surface area contributed by atoms with Crippen LogP contribution in [0.1, 0.15) is 32.0 Å². The number of aliphatic hydroxyl groups is 1. The van der Waals surface area contributed by atoms with Gasteiger partial charge < -0.3 is 9.67 Å².